The van der Waals surface area contributed by atoms with Gasteiger partial charge in [-0.1, -0.05) is 17.4 Å². The van der Waals surface area contributed by atoms with E-state index in [1.807, 2.05) is 28.1 Å². The Balaban J connectivity index is 2.15. The molecule has 0 bridgehead atoms. The van der Waals surface area contributed by atoms with Crippen LogP contribution in [0.15, 0.2) is 28.4 Å². The van der Waals surface area contributed by atoms with E-state index < -0.39 is 0 Å². The summed E-state index contributed by atoms with van der Waals surface area (Å²) < 4.78 is 7.31. The number of H-pyrrole nitrogens is 1. The van der Waals surface area contributed by atoms with E-state index in [1.54, 1.807) is 7.11 Å². The van der Waals surface area contributed by atoms with Gasteiger partial charge in [0, 0.05) is 11.1 Å². The maximum Gasteiger partial charge on any atom is 0.304 e. The van der Waals surface area contributed by atoms with Crippen LogP contribution in [0.1, 0.15) is 11.5 Å². The molecule has 2 aromatic heterocycles. The van der Waals surface area contributed by atoms with E-state index in [-0.39, 0.29) is 4.87 Å². The molecule has 0 amide bonds. The molecule has 1 aromatic carbocycles. The number of nitrogens with zero attached hydrogens (tertiary/aromatic N) is 2. The van der Waals surface area contributed by atoms with E-state index >= 15 is 0 Å². The van der Waals surface area contributed by atoms with E-state index in [0.717, 1.165) is 33.9 Å². The Hall–Kier alpha value is -1.79. The number of alkyl halides is 1. The first kappa shape index (κ1) is 13.2. The first-order chi connectivity index (χ1) is 9.72. The average Bonchev–Trinajstić information content (AvgIpc) is 3.03. The van der Waals surface area contributed by atoms with Crippen LogP contribution >= 0.6 is 22.9 Å². The second kappa shape index (κ2) is 5.30. The number of thiazole rings is 1. The smallest absolute Gasteiger partial charge is 0.304 e. The van der Waals surface area contributed by atoms with Gasteiger partial charge < -0.3 is 14.3 Å². The van der Waals surface area contributed by atoms with E-state index in [4.69, 9.17) is 16.3 Å². The van der Waals surface area contributed by atoms with Gasteiger partial charge in [-0.2, -0.15) is 0 Å². The summed E-state index contributed by atoms with van der Waals surface area (Å²) in [4.78, 5) is 18.5. The van der Waals surface area contributed by atoms with Crippen molar-refractivity contribution in [3.8, 4) is 5.75 Å². The summed E-state index contributed by atoms with van der Waals surface area (Å²) in [5, 5.41) is 1.81. The number of halogens is 1. The molecule has 0 aliphatic rings. The number of ether oxygens (including phenoxy) is 1. The first-order valence-corrected chi connectivity index (χ1v) is 7.39. The monoisotopic (exact) mass is 309 g/mol. The minimum absolute atomic E-state index is 0.0607. The lowest BCUT2D eigenvalue weighted by molar-refractivity contribution is 0.419. The quantitative estimate of drug-likeness (QED) is 0.754. The number of imidazole rings is 1. The van der Waals surface area contributed by atoms with E-state index in [2.05, 4.69) is 9.97 Å². The van der Waals surface area contributed by atoms with Gasteiger partial charge in [0.05, 0.1) is 25.1 Å². The van der Waals surface area contributed by atoms with E-state index in [9.17, 15) is 4.79 Å². The van der Waals surface area contributed by atoms with Crippen LogP contribution in [0.3, 0.4) is 0 Å². The molecule has 5 nitrogen and oxygen atoms in total. The molecule has 3 rings (SSSR count). The van der Waals surface area contributed by atoms with Crippen LogP contribution in [0, 0.1) is 0 Å². The molecule has 0 unspecified atom stereocenters. The third kappa shape index (κ3) is 2.21. The second-order valence-corrected chi connectivity index (χ2v) is 5.36. The largest absolute Gasteiger partial charge is 0.494 e. The lowest BCUT2D eigenvalue weighted by Crippen LogP contribution is -2.06. The molecule has 3 aromatic rings. The summed E-state index contributed by atoms with van der Waals surface area (Å²) in [6, 6.07) is 5.74. The Kier molecular flexibility index (Phi) is 3.50. The van der Waals surface area contributed by atoms with Crippen molar-refractivity contribution in [1.29, 1.82) is 0 Å². The zero-order chi connectivity index (χ0) is 14.1. The third-order valence-corrected chi connectivity index (χ3v) is 4.02. The third-order valence-electron chi connectivity index (χ3n) is 3.06. The molecule has 0 saturated heterocycles. The zero-order valence-corrected chi connectivity index (χ0v) is 12.3. The molecule has 0 spiro atoms. The molecule has 0 aliphatic heterocycles. The topological polar surface area (TPSA) is 59.9 Å². The standard InChI is InChI=1S/C13H12ClN3O2S/c1-19-10-4-2-3-9-12(10)16-11(5-14)17(9)6-8-7-20-13(18)15-8/h2-4,7H,5-6H2,1H3,(H,15,18). The maximum absolute atomic E-state index is 11.2. The molecule has 0 fully saturated rings. The van der Waals surface area contributed by atoms with Crippen molar-refractivity contribution in [1.82, 2.24) is 14.5 Å². The minimum atomic E-state index is -0.0607. The predicted octanol–water partition coefficient (Wildman–Crippen LogP) is 2.58. The van der Waals surface area contributed by atoms with Crippen LogP contribution in [0.2, 0.25) is 0 Å². The number of hydrogen-bond donors (Lipinski definition) is 1. The van der Waals surface area contributed by atoms with Crippen LogP contribution in [0.4, 0.5) is 0 Å². The van der Waals surface area contributed by atoms with Gasteiger partial charge in [0.25, 0.3) is 0 Å². The van der Waals surface area contributed by atoms with Crippen molar-refractivity contribution in [2.45, 2.75) is 12.4 Å². The summed E-state index contributed by atoms with van der Waals surface area (Å²) in [5.41, 5.74) is 2.56. The number of nitrogens with one attached hydrogen (secondary N) is 1. The Morgan fingerprint density at radius 2 is 2.35 bits per heavy atom. The second-order valence-electron chi connectivity index (χ2n) is 4.25. The van der Waals surface area contributed by atoms with Gasteiger partial charge in [-0.05, 0) is 12.1 Å². The van der Waals surface area contributed by atoms with Crippen molar-refractivity contribution >= 4 is 34.0 Å². The number of para-hydroxylation sites is 1. The van der Waals surface area contributed by atoms with Crippen LogP contribution in [-0.2, 0) is 12.4 Å². The van der Waals surface area contributed by atoms with Crippen molar-refractivity contribution < 1.29 is 4.74 Å². The van der Waals surface area contributed by atoms with E-state index in [1.165, 1.54) is 0 Å². The lowest BCUT2D eigenvalue weighted by atomic mass is 10.3. The minimum Gasteiger partial charge on any atom is -0.494 e. The molecule has 7 heteroatoms. The van der Waals surface area contributed by atoms with Crippen LogP contribution in [-0.4, -0.2) is 21.6 Å². The number of aromatic nitrogens is 3. The highest BCUT2D eigenvalue weighted by molar-refractivity contribution is 7.07. The number of hydrogen-bond acceptors (Lipinski definition) is 4. The zero-order valence-electron chi connectivity index (χ0n) is 10.7. The van der Waals surface area contributed by atoms with Gasteiger partial charge in [0.1, 0.15) is 17.1 Å². The molecule has 20 heavy (non-hydrogen) atoms. The normalized spacial score (nSPS) is 11.1. The SMILES string of the molecule is COc1cccc2c1nc(CCl)n2Cc1csc(=O)[nH]1. The van der Waals surface area contributed by atoms with Crippen molar-refractivity contribution in [3.05, 3.63) is 44.8 Å². The number of aromatic amines is 1. The summed E-state index contributed by atoms with van der Waals surface area (Å²) in [7, 11) is 1.62. The van der Waals surface area contributed by atoms with Gasteiger partial charge in [-0.15, -0.1) is 11.6 Å². The summed E-state index contributed by atoms with van der Waals surface area (Å²) in [5.74, 6) is 1.76. The number of rotatable bonds is 4. The molecular formula is C13H12ClN3O2S. The molecule has 0 radical (unpaired) electrons. The van der Waals surface area contributed by atoms with Crippen molar-refractivity contribution in [3.63, 3.8) is 0 Å². The maximum atomic E-state index is 11.2. The summed E-state index contributed by atoms with van der Waals surface area (Å²) in [6.07, 6.45) is 0. The Bertz CT molecular complexity index is 805. The molecule has 104 valence electrons. The number of benzene rings is 1. The molecule has 0 atom stereocenters. The van der Waals surface area contributed by atoms with Crippen LogP contribution in [0.5, 0.6) is 5.75 Å². The Morgan fingerprint density at radius 1 is 1.50 bits per heavy atom. The molecular weight excluding hydrogens is 298 g/mol. The van der Waals surface area contributed by atoms with E-state index in [0.29, 0.717) is 18.2 Å². The van der Waals surface area contributed by atoms with Gasteiger partial charge in [0.15, 0.2) is 0 Å². The Labute approximate surface area is 123 Å². The van der Waals surface area contributed by atoms with Crippen LogP contribution < -0.4 is 9.61 Å². The highest BCUT2D eigenvalue weighted by atomic mass is 35.5. The first-order valence-electron chi connectivity index (χ1n) is 5.97. The fraction of sp³-hybridized carbons (Fsp3) is 0.231. The van der Waals surface area contributed by atoms with Gasteiger partial charge >= 0.3 is 4.87 Å². The molecule has 2 heterocycles. The van der Waals surface area contributed by atoms with Crippen molar-refractivity contribution in [2.75, 3.05) is 7.11 Å². The van der Waals surface area contributed by atoms with Gasteiger partial charge in [0.2, 0.25) is 0 Å². The highest BCUT2D eigenvalue weighted by Crippen LogP contribution is 2.27. The fourth-order valence-corrected chi connectivity index (χ4v) is 2.95. The Morgan fingerprint density at radius 3 is 3.00 bits per heavy atom. The highest BCUT2D eigenvalue weighted by Gasteiger charge is 2.14. The molecule has 1 N–H and O–H groups in total. The molecule has 0 saturated carbocycles. The number of fused-ring (bicyclic) bond motifs is 1. The van der Waals surface area contributed by atoms with Gasteiger partial charge in [-0.25, -0.2) is 4.98 Å². The van der Waals surface area contributed by atoms with Crippen LogP contribution in [0.25, 0.3) is 11.0 Å². The molecule has 0 aliphatic carbocycles. The average molecular weight is 310 g/mol. The lowest BCUT2D eigenvalue weighted by Gasteiger charge is -2.06. The van der Waals surface area contributed by atoms with Gasteiger partial charge in [-0.3, -0.25) is 4.79 Å². The number of methoxy groups -OCH3 is 1. The summed E-state index contributed by atoms with van der Waals surface area (Å²) in [6.45, 7) is 0.532. The predicted molar refractivity (Wildman–Crippen MR) is 79.9 cm³/mol. The van der Waals surface area contributed by atoms with Crippen molar-refractivity contribution in [2.24, 2.45) is 0 Å². The fourth-order valence-electron chi connectivity index (χ4n) is 2.17. The summed E-state index contributed by atoms with van der Waals surface area (Å²) >= 11 is 7.13.